The molecule has 0 spiro atoms. The van der Waals surface area contributed by atoms with Crippen molar-refractivity contribution in [2.24, 2.45) is 5.73 Å². The third-order valence-corrected chi connectivity index (χ3v) is 4.36. The van der Waals surface area contributed by atoms with Gasteiger partial charge in [0.25, 0.3) is 0 Å². The van der Waals surface area contributed by atoms with Crippen LogP contribution in [-0.4, -0.2) is 16.9 Å². The van der Waals surface area contributed by atoms with Crippen molar-refractivity contribution in [3.8, 4) is 5.75 Å². The number of rotatable bonds is 6. The van der Waals surface area contributed by atoms with Gasteiger partial charge in [-0.3, -0.25) is 4.68 Å². The number of benzene rings is 1. The summed E-state index contributed by atoms with van der Waals surface area (Å²) in [5.41, 5.74) is 8.39. The van der Waals surface area contributed by atoms with Crippen molar-refractivity contribution in [1.29, 1.82) is 0 Å². The molecule has 4 nitrogen and oxygen atoms in total. The molecule has 0 aliphatic heterocycles. The molecule has 1 aromatic heterocycles. The van der Waals surface area contributed by atoms with Crippen LogP contribution in [0.3, 0.4) is 0 Å². The molecule has 114 valence electrons. The van der Waals surface area contributed by atoms with Gasteiger partial charge in [-0.05, 0) is 53.0 Å². The van der Waals surface area contributed by atoms with Crippen LogP contribution in [0.25, 0.3) is 0 Å². The van der Waals surface area contributed by atoms with E-state index >= 15 is 0 Å². The molecular weight excluding hydrogens is 330 g/mol. The molecule has 0 fully saturated rings. The summed E-state index contributed by atoms with van der Waals surface area (Å²) in [6.45, 7) is 4.32. The molecule has 2 atom stereocenters. The summed E-state index contributed by atoms with van der Waals surface area (Å²) in [5.74, 6) is 0.812. The minimum absolute atomic E-state index is 0.0764. The van der Waals surface area contributed by atoms with Gasteiger partial charge in [0, 0.05) is 24.7 Å². The van der Waals surface area contributed by atoms with Gasteiger partial charge < -0.3 is 10.5 Å². The van der Waals surface area contributed by atoms with Gasteiger partial charge in [-0.25, -0.2) is 0 Å². The second kappa shape index (κ2) is 7.09. The Hall–Kier alpha value is -1.33. The predicted molar refractivity (Wildman–Crippen MR) is 88.6 cm³/mol. The van der Waals surface area contributed by atoms with Crippen LogP contribution in [0.2, 0.25) is 0 Å². The van der Waals surface area contributed by atoms with E-state index in [9.17, 15) is 0 Å². The van der Waals surface area contributed by atoms with Crippen molar-refractivity contribution in [2.45, 2.75) is 38.8 Å². The number of ether oxygens (including phenoxy) is 1. The molecule has 1 heterocycles. The van der Waals surface area contributed by atoms with Gasteiger partial charge in [0.2, 0.25) is 0 Å². The number of nitrogens with two attached hydrogens (primary N) is 1. The Kier molecular flexibility index (Phi) is 5.42. The largest absolute Gasteiger partial charge is 0.496 e. The Balaban J connectivity index is 2.08. The highest BCUT2D eigenvalue weighted by Gasteiger charge is 2.12. The van der Waals surface area contributed by atoms with E-state index in [4.69, 9.17) is 10.5 Å². The molecule has 2 rings (SSSR count). The van der Waals surface area contributed by atoms with Crippen LogP contribution >= 0.6 is 15.9 Å². The number of hydrogen-bond acceptors (Lipinski definition) is 3. The van der Waals surface area contributed by atoms with Crippen LogP contribution in [0.15, 0.2) is 34.9 Å². The maximum absolute atomic E-state index is 6.29. The van der Waals surface area contributed by atoms with Crippen molar-refractivity contribution in [1.82, 2.24) is 9.78 Å². The zero-order chi connectivity index (χ0) is 15.4. The highest BCUT2D eigenvalue weighted by molar-refractivity contribution is 9.10. The number of methoxy groups -OCH3 is 1. The number of aromatic nitrogens is 2. The lowest BCUT2D eigenvalue weighted by molar-refractivity contribution is 0.412. The molecule has 2 aromatic rings. The van der Waals surface area contributed by atoms with Gasteiger partial charge >= 0.3 is 0 Å². The quantitative estimate of drug-likeness (QED) is 0.859. The van der Waals surface area contributed by atoms with Crippen LogP contribution in [0.4, 0.5) is 0 Å². The van der Waals surface area contributed by atoms with E-state index in [1.165, 1.54) is 0 Å². The van der Waals surface area contributed by atoms with E-state index in [0.29, 0.717) is 6.04 Å². The zero-order valence-electron chi connectivity index (χ0n) is 12.7. The summed E-state index contributed by atoms with van der Waals surface area (Å²) >= 11 is 3.49. The molecule has 1 aromatic carbocycles. The van der Waals surface area contributed by atoms with E-state index in [2.05, 4.69) is 34.9 Å². The SMILES string of the molecule is CCC(C)n1ccc(CC(N)c2ccc(OC)c(Br)c2)n1. The molecule has 0 radical (unpaired) electrons. The van der Waals surface area contributed by atoms with Crippen molar-refractivity contribution in [3.05, 3.63) is 46.2 Å². The van der Waals surface area contributed by atoms with E-state index in [0.717, 1.165) is 34.3 Å². The Morgan fingerprint density at radius 3 is 2.76 bits per heavy atom. The molecule has 0 aliphatic carbocycles. The molecule has 0 saturated heterocycles. The summed E-state index contributed by atoms with van der Waals surface area (Å²) in [6, 6.07) is 8.33. The first-order valence-corrected chi connectivity index (χ1v) is 7.97. The van der Waals surface area contributed by atoms with Crippen molar-refractivity contribution in [3.63, 3.8) is 0 Å². The summed E-state index contributed by atoms with van der Waals surface area (Å²) < 4.78 is 8.16. The Morgan fingerprint density at radius 1 is 1.38 bits per heavy atom. The smallest absolute Gasteiger partial charge is 0.133 e. The molecule has 2 N–H and O–H groups in total. The maximum atomic E-state index is 6.29. The average Bonchev–Trinajstić information content (AvgIpc) is 2.94. The summed E-state index contributed by atoms with van der Waals surface area (Å²) in [6.07, 6.45) is 3.82. The minimum Gasteiger partial charge on any atom is -0.496 e. The van der Waals surface area contributed by atoms with Gasteiger partial charge in [-0.15, -0.1) is 0 Å². The third kappa shape index (κ3) is 3.86. The van der Waals surface area contributed by atoms with E-state index in [1.54, 1.807) is 7.11 Å². The Bertz CT molecular complexity index is 597. The average molecular weight is 352 g/mol. The second-order valence-electron chi connectivity index (χ2n) is 5.25. The number of hydrogen-bond donors (Lipinski definition) is 1. The molecule has 0 amide bonds. The fraction of sp³-hybridized carbons (Fsp3) is 0.438. The standard InChI is InChI=1S/C16H22BrN3O/c1-4-11(2)20-8-7-13(19-20)10-15(18)12-5-6-16(21-3)14(17)9-12/h5-9,11,15H,4,10,18H2,1-3H3. The van der Waals surface area contributed by atoms with E-state index in [1.807, 2.05) is 35.1 Å². The first kappa shape index (κ1) is 16.0. The first-order chi connectivity index (χ1) is 10.0. The van der Waals surface area contributed by atoms with Crippen molar-refractivity contribution >= 4 is 15.9 Å². The second-order valence-corrected chi connectivity index (χ2v) is 6.10. The molecule has 0 aliphatic rings. The Morgan fingerprint density at radius 2 is 2.14 bits per heavy atom. The van der Waals surface area contributed by atoms with Crippen LogP contribution in [-0.2, 0) is 6.42 Å². The summed E-state index contributed by atoms with van der Waals surface area (Å²) in [7, 11) is 1.65. The van der Waals surface area contributed by atoms with Crippen LogP contribution in [0.1, 0.15) is 43.6 Å². The molecular formula is C16H22BrN3O. The van der Waals surface area contributed by atoms with E-state index < -0.39 is 0 Å². The van der Waals surface area contributed by atoms with Crippen molar-refractivity contribution in [2.75, 3.05) is 7.11 Å². The van der Waals surface area contributed by atoms with Crippen LogP contribution < -0.4 is 10.5 Å². The molecule has 5 heteroatoms. The maximum Gasteiger partial charge on any atom is 0.133 e. The fourth-order valence-corrected chi connectivity index (χ4v) is 2.73. The third-order valence-electron chi connectivity index (χ3n) is 3.74. The van der Waals surface area contributed by atoms with Gasteiger partial charge in [0.1, 0.15) is 5.75 Å². The van der Waals surface area contributed by atoms with E-state index in [-0.39, 0.29) is 6.04 Å². The Labute approximate surface area is 134 Å². The van der Waals surface area contributed by atoms with Gasteiger partial charge in [-0.1, -0.05) is 13.0 Å². The highest BCUT2D eigenvalue weighted by Crippen LogP contribution is 2.28. The molecule has 0 saturated carbocycles. The molecule has 2 unspecified atom stereocenters. The lowest BCUT2D eigenvalue weighted by Gasteiger charge is -2.13. The fourth-order valence-electron chi connectivity index (χ4n) is 2.18. The lowest BCUT2D eigenvalue weighted by Crippen LogP contribution is -2.14. The predicted octanol–water partition coefficient (Wildman–Crippen LogP) is 3.87. The zero-order valence-corrected chi connectivity index (χ0v) is 14.3. The normalized spacial score (nSPS) is 14.0. The number of halogens is 1. The van der Waals surface area contributed by atoms with Gasteiger partial charge in [-0.2, -0.15) is 5.10 Å². The van der Waals surface area contributed by atoms with Gasteiger partial charge in [0.15, 0.2) is 0 Å². The highest BCUT2D eigenvalue weighted by atomic mass is 79.9. The summed E-state index contributed by atoms with van der Waals surface area (Å²) in [4.78, 5) is 0. The van der Waals surface area contributed by atoms with Crippen molar-refractivity contribution < 1.29 is 4.74 Å². The summed E-state index contributed by atoms with van der Waals surface area (Å²) in [5, 5.41) is 4.60. The first-order valence-electron chi connectivity index (χ1n) is 7.18. The number of nitrogens with zero attached hydrogens (tertiary/aromatic N) is 2. The minimum atomic E-state index is -0.0764. The topological polar surface area (TPSA) is 53.1 Å². The molecule has 0 bridgehead atoms. The van der Waals surface area contributed by atoms with Crippen LogP contribution in [0, 0.1) is 0 Å². The monoisotopic (exact) mass is 351 g/mol. The molecule has 21 heavy (non-hydrogen) atoms. The van der Waals surface area contributed by atoms with Gasteiger partial charge in [0.05, 0.1) is 17.3 Å². The lowest BCUT2D eigenvalue weighted by atomic mass is 10.0. The van der Waals surface area contributed by atoms with Crippen LogP contribution in [0.5, 0.6) is 5.75 Å².